The largest absolute Gasteiger partial charge is 0.394 e. The molecule has 0 fully saturated rings. The summed E-state index contributed by atoms with van der Waals surface area (Å²) in [7, 11) is 0. The molecule has 156 valence electrons. The summed E-state index contributed by atoms with van der Waals surface area (Å²) < 4.78 is 8.65. The summed E-state index contributed by atoms with van der Waals surface area (Å²) >= 11 is 0. The molecule has 0 saturated carbocycles. The molecule has 3 heterocycles. The van der Waals surface area contributed by atoms with Crippen LogP contribution in [0, 0.1) is 0 Å². The number of aliphatic hydroxyl groups excluding tert-OH is 1. The number of ether oxygens (including phenoxy) is 1. The number of nitrogens with one attached hydrogen (secondary N) is 1. The summed E-state index contributed by atoms with van der Waals surface area (Å²) in [4.78, 5) is 25.8. The summed E-state index contributed by atoms with van der Waals surface area (Å²) in [5, 5.41) is 8.93. The van der Waals surface area contributed by atoms with Crippen LogP contribution in [0.1, 0.15) is 11.3 Å². The van der Waals surface area contributed by atoms with Crippen molar-refractivity contribution in [3.63, 3.8) is 0 Å². The lowest BCUT2D eigenvalue weighted by Gasteiger charge is -2.06. The molecule has 31 heavy (non-hydrogen) atoms. The number of H-pyrrole nitrogens is 1. The lowest BCUT2D eigenvalue weighted by Crippen LogP contribution is -2.18. The monoisotopic (exact) mass is 415 g/mol. The van der Waals surface area contributed by atoms with Gasteiger partial charge in [-0.05, 0) is 11.1 Å². The molecule has 0 unspecified atom stereocenters. The summed E-state index contributed by atoms with van der Waals surface area (Å²) in [6.07, 6.45) is 2.10. The van der Waals surface area contributed by atoms with Gasteiger partial charge < -0.3 is 14.8 Å². The Hall–Kier alpha value is -3.75. The Morgan fingerprint density at radius 2 is 1.77 bits per heavy atom. The second-order valence-electron chi connectivity index (χ2n) is 7.20. The number of imidazole rings is 2. The fraction of sp³-hybridized carbons (Fsp3) is 0.174. The molecule has 8 nitrogen and oxygen atoms in total. The summed E-state index contributed by atoms with van der Waals surface area (Å²) in [6.45, 7) is 0.276. The molecule has 8 heteroatoms. The van der Waals surface area contributed by atoms with Gasteiger partial charge in [-0.15, -0.1) is 0 Å². The minimum Gasteiger partial charge on any atom is -0.394 e. The lowest BCUT2D eigenvalue weighted by molar-refractivity contribution is 0.0499. The smallest absolute Gasteiger partial charge is 0.287 e. The molecule has 5 aromatic rings. The molecule has 0 bridgehead atoms. The minimum absolute atomic E-state index is 0.0765. The summed E-state index contributed by atoms with van der Waals surface area (Å²) in [5.74, 6) is 0.450. The quantitative estimate of drug-likeness (QED) is 0.398. The van der Waals surface area contributed by atoms with Gasteiger partial charge in [0, 0.05) is 6.42 Å². The van der Waals surface area contributed by atoms with E-state index in [1.807, 2.05) is 60.7 Å². The normalized spacial score (nSPS) is 11.5. The van der Waals surface area contributed by atoms with Crippen LogP contribution in [0.2, 0.25) is 0 Å². The van der Waals surface area contributed by atoms with Gasteiger partial charge in [-0.25, -0.2) is 9.38 Å². The first-order chi connectivity index (χ1) is 15.3. The number of nitrogens with zero attached hydrogens (tertiary/aromatic N) is 4. The maximum atomic E-state index is 13.4. The average Bonchev–Trinajstić information content (AvgIpc) is 3.38. The number of aromatic amines is 1. The van der Waals surface area contributed by atoms with E-state index in [0.717, 1.165) is 22.5 Å². The highest BCUT2D eigenvalue weighted by Crippen LogP contribution is 2.26. The van der Waals surface area contributed by atoms with Crippen molar-refractivity contribution in [1.29, 1.82) is 0 Å². The molecule has 0 atom stereocenters. The van der Waals surface area contributed by atoms with E-state index < -0.39 is 0 Å². The molecular formula is C23H21N5O3. The average molecular weight is 415 g/mol. The molecule has 2 aromatic carbocycles. The zero-order chi connectivity index (χ0) is 21.2. The van der Waals surface area contributed by atoms with Crippen molar-refractivity contribution in [2.24, 2.45) is 0 Å². The van der Waals surface area contributed by atoms with E-state index in [4.69, 9.17) is 14.8 Å². The third-order valence-corrected chi connectivity index (χ3v) is 5.18. The van der Waals surface area contributed by atoms with E-state index in [2.05, 4.69) is 9.97 Å². The fourth-order valence-corrected chi connectivity index (χ4v) is 3.75. The highest BCUT2D eigenvalue weighted by atomic mass is 16.5. The number of fused-ring (bicyclic) bond motifs is 2. The predicted molar refractivity (Wildman–Crippen MR) is 117 cm³/mol. The van der Waals surface area contributed by atoms with Gasteiger partial charge in [0.05, 0.1) is 30.9 Å². The standard InChI is InChI=1S/C23H21N5O3/c29-11-12-31-15-27-14-24-20-21(27)26-23-25-19(17-9-5-2-6-10-17)18(28(23)22(20)30)13-16-7-3-1-4-8-16/h1-10,14,29H,11-13,15H2,(H,25,26). The molecule has 0 aliphatic heterocycles. The first kappa shape index (κ1) is 19.2. The zero-order valence-electron chi connectivity index (χ0n) is 16.7. The highest BCUT2D eigenvalue weighted by molar-refractivity contribution is 5.74. The van der Waals surface area contributed by atoms with Gasteiger partial charge in [-0.1, -0.05) is 60.7 Å². The number of benzene rings is 2. The predicted octanol–water partition coefficient (Wildman–Crippen LogP) is 2.60. The van der Waals surface area contributed by atoms with Crippen molar-refractivity contribution in [3.05, 3.63) is 88.6 Å². The molecule has 0 spiro atoms. The van der Waals surface area contributed by atoms with Gasteiger partial charge >= 0.3 is 0 Å². The van der Waals surface area contributed by atoms with Gasteiger partial charge in [0.25, 0.3) is 5.56 Å². The van der Waals surface area contributed by atoms with Gasteiger partial charge in [0.15, 0.2) is 11.2 Å². The van der Waals surface area contributed by atoms with Crippen molar-refractivity contribution >= 4 is 16.9 Å². The second-order valence-corrected chi connectivity index (χ2v) is 7.20. The van der Waals surface area contributed by atoms with Crippen LogP contribution in [0.15, 0.2) is 71.8 Å². The van der Waals surface area contributed by atoms with Gasteiger partial charge in [0.1, 0.15) is 6.73 Å². The van der Waals surface area contributed by atoms with Crippen LogP contribution < -0.4 is 5.56 Å². The fourth-order valence-electron chi connectivity index (χ4n) is 3.75. The van der Waals surface area contributed by atoms with Gasteiger partial charge in [-0.3, -0.25) is 9.36 Å². The summed E-state index contributed by atoms with van der Waals surface area (Å²) in [6, 6.07) is 19.9. The van der Waals surface area contributed by atoms with Crippen LogP contribution in [0.4, 0.5) is 0 Å². The van der Waals surface area contributed by atoms with Crippen LogP contribution in [0.25, 0.3) is 28.2 Å². The number of aromatic nitrogens is 5. The van der Waals surface area contributed by atoms with Crippen LogP contribution in [-0.4, -0.2) is 42.2 Å². The number of hydrogen-bond donors (Lipinski definition) is 2. The Balaban J connectivity index is 1.72. The van der Waals surface area contributed by atoms with Crippen molar-refractivity contribution in [3.8, 4) is 11.3 Å². The maximum absolute atomic E-state index is 13.4. The van der Waals surface area contributed by atoms with Crippen LogP contribution >= 0.6 is 0 Å². The third-order valence-electron chi connectivity index (χ3n) is 5.18. The molecule has 0 amide bonds. The Kier molecular flexibility index (Phi) is 5.07. The lowest BCUT2D eigenvalue weighted by atomic mass is 10.0. The molecular weight excluding hydrogens is 394 g/mol. The van der Waals surface area contributed by atoms with Crippen LogP contribution in [-0.2, 0) is 17.9 Å². The number of rotatable bonds is 7. The number of aliphatic hydroxyl groups is 1. The molecule has 2 N–H and O–H groups in total. The zero-order valence-corrected chi connectivity index (χ0v) is 16.7. The van der Waals surface area contributed by atoms with Crippen molar-refractivity contribution in [2.75, 3.05) is 13.2 Å². The van der Waals surface area contributed by atoms with Crippen LogP contribution in [0.3, 0.4) is 0 Å². The molecule has 0 aliphatic rings. The van der Waals surface area contributed by atoms with E-state index in [1.54, 1.807) is 8.97 Å². The molecule has 5 rings (SSSR count). The van der Waals surface area contributed by atoms with E-state index in [-0.39, 0.29) is 31.0 Å². The topological polar surface area (TPSA) is 97.4 Å². The van der Waals surface area contributed by atoms with E-state index in [1.165, 1.54) is 6.33 Å². The van der Waals surface area contributed by atoms with Crippen molar-refractivity contribution in [1.82, 2.24) is 23.9 Å². The Labute approximate surface area is 177 Å². The first-order valence-corrected chi connectivity index (χ1v) is 10.0. The van der Waals surface area contributed by atoms with Gasteiger partial charge in [-0.2, -0.15) is 4.98 Å². The summed E-state index contributed by atoms with van der Waals surface area (Å²) in [5.41, 5.74) is 4.24. The van der Waals surface area contributed by atoms with Crippen LogP contribution in [0.5, 0.6) is 0 Å². The second kappa shape index (κ2) is 8.17. The molecule has 0 aliphatic carbocycles. The maximum Gasteiger partial charge on any atom is 0.287 e. The molecule has 0 saturated heterocycles. The molecule has 3 aromatic heterocycles. The highest BCUT2D eigenvalue weighted by Gasteiger charge is 2.20. The SMILES string of the molecule is O=c1c2ncn(COCCO)c2nc2[nH]c(-c3ccccc3)c(Cc3ccccc3)n12. The van der Waals surface area contributed by atoms with Crippen molar-refractivity contribution in [2.45, 2.75) is 13.2 Å². The first-order valence-electron chi connectivity index (χ1n) is 10.0. The van der Waals surface area contributed by atoms with E-state index >= 15 is 0 Å². The Bertz CT molecular complexity index is 1390. The minimum atomic E-state index is -0.231. The van der Waals surface area contributed by atoms with Gasteiger partial charge in [0.2, 0.25) is 5.78 Å². The third kappa shape index (κ3) is 3.52. The number of hydrogen-bond acceptors (Lipinski definition) is 5. The Morgan fingerprint density at radius 3 is 2.52 bits per heavy atom. The van der Waals surface area contributed by atoms with Crippen molar-refractivity contribution < 1.29 is 9.84 Å². The van der Waals surface area contributed by atoms with E-state index in [9.17, 15) is 4.79 Å². The Morgan fingerprint density at radius 1 is 1.03 bits per heavy atom. The molecule has 0 radical (unpaired) electrons. The van der Waals surface area contributed by atoms with E-state index in [0.29, 0.717) is 17.8 Å².